The van der Waals surface area contributed by atoms with Crippen LogP contribution in [0, 0.1) is 3.57 Å². The number of nitrogens with one attached hydrogen (secondary N) is 2. The van der Waals surface area contributed by atoms with Gasteiger partial charge in [-0.1, -0.05) is 0 Å². The Labute approximate surface area is 200 Å². The maximum absolute atomic E-state index is 13.8. The topological polar surface area (TPSA) is 108 Å². The molecule has 1 aliphatic heterocycles. The number of benzene rings is 2. The van der Waals surface area contributed by atoms with Crippen molar-refractivity contribution in [2.75, 3.05) is 24.3 Å². The second-order valence-electron chi connectivity index (χ2n) is 7.18. The Kier molecular flexibility index (Phi) is 7.34. The van der Waals surface area contributed by atoms with Gasteiger partial charge in [0.15, 0.2) is 0 Å². The maximum Gasteiger partial charge on any atom is 0.418 e. The summed E-state index contributed by atoms with van der Waals surface area (Å²) in [5.74, 6) is -1.28. The number of hydrogen-bond acceptors (Lipinski definition) is 4. The van der Waals surface area contributed by atoms with E-state index in [-0.39, 0.29) is 16.5 Å². The largest absolute Gasteiger partial charge is 0.497 e. The Balaban J connectivity index is 1.98. The molecule has 2 aromatic rings. The summed E-state index contributed by atoms with van der Waals surface area (Å²) in [6.45, 7) is 0.0943. The van der Waals surface area contributed by atoms with Crippen LogP contribution in [0.3, 0.4) is 0 Å². The van der Waals surface area contributed by atoms with Gasteiger partial charge in [0.05, 0.1) is 23.9 Å². The number of amides is 3. The van der Waals surface area contributed by atoms with Gasteiger partial charge in [0.25, 0.3) is 5.91 Å². The zero-order valence-electron chi connectivity index (χ0n) is 17.2. The van der Waals surface area contributed by atoms with E-state index in [1.54, 1.807) is 34.7 Å². The summed E-state index contributed by atoms with van der Waals surface area (Å²) in [4.78, 5) is 37.9. The monoisotopic (exact) mass is 577 g/mol. The number of rotatable bonds is 5. The highest BCUT2D eigenvalue weighted by Crippen LogP contribution is 2.39. The van der Waals surface area contributed by atoms with Crippen LogP contribution >= 0.6 is 22.6 Å². The van der Waals surface area contributed by atoms with E-state index in [2.05, 4.69) is 10.6 Å². The number of anilines is 2. The van der Waals surface area contributed by atoms with E-state index in [9.17, 15) is 32.7 Å². The first-order chi connectivity index (χ1) is 15.5. The van der Waals surface area contributed by atoms with Crippen molar-refractivity contribution in [1.29, 1.82) is 0 Å². The minimum Gasteiger partial charge on any atom is -0.497 e. The Morgan fingerprint density at radius 1 is 1.15 bits per heavy atom. The third kappa shape index (κ3) is 5.67. The minimum absolute atomic E-state index is 0.0943. The van der Waals surface area contributed by atoms with Gasteiger partial charge >= 0.3 is 12.3 Å². The van der Waals surface area contributed by atoms with E-state index in [4.69, 9.17) is 4.74 Å². The molecular weight excluding hydrogens is 558 g/mol. The molecule has 1 saturated heterocycles. The lowest BCUT2D eigenvalue weighted by atomic mass is 10.0. The number of alkyl halides is 3. The number of likely N-dealkylation sites (tertiary alicyclic amines) is 1. The van der Waals surface area contributed by atoms with Crippen LogP contribution < -0.4 is 15.4 Å². The van der Waals surface area contributed by atoms with Crippen LogP contribution in [0.25, 0.3) is 0 Å². The molecular formula is C21H19F3IN3O5. The Morgan fingerprint density at radius 3 is 2.39 bits per heavy atom. The van der Waals surface area contributed by atoms with E-state index in [0.717, 1.165) is 11.0 Å². The first-order valence-electron chi connectivity index (χ1n) is 9.68. The number of hydrogen-bond donors (Lipinski definition) is 3. The van der Waals surface area contributed by atoms with Gasteiger partial charge in [0, 0.05) is 15.8 Å². The van der Waals surface area contributed by atoms with Crippen LogP contribution in [-0.2, 0) is 11.0 Å². The summed E-state index contributed by atoms with van der Waals surface area (Å²) >= 11 is 1.65. The Bertz CT molecular complexity index is 1080. The van der Waals surface area contributed by atoms with Crippen molar-refractivity contribution in [2.45, 2.75) is 25.1 Å². The minimum atomic E-state index is -4.87. The van der Waals surface area contributed by atoms with Gasteiger partial charge in [0.1, 0.15) is 11.8 Å². The number of carboxylic acid groups (broad SMARTS) is 1. The van der Waals surface area contributed by atoms with Crippen LogP contribution in [0.15, 0.2) is 36.4 Å². The van der Waals surface area contributed by atoms with Crippen LogP contribution in [-0.4, -0.2) is 47.6 Å². The summed E-state index contributed by atoms with van der Waals surface area (Å²) < 4.78 is 46.6. The van der Waals surface area contributed by atoms with Gasteiger partial charge in [-0.3, -0.25) is 14.5 Å². The van der Waals surface area contributed by atoms with Crippen LogP contribution in [0.4, 0.5) is 29.3 Å². The summed E-state index contributed by atoms with van der Waals surface area (Å²) in [5, 5.41) is 13.9. The van der Waals surface area contributed by atoms with E-state index in [1.165, 1.54) is 25.3 Å². The SMILES string of the molecule is COc1ccc(NC(=O)c2cc(I)cc(C(F)(F)F)c2NC(=O)[C@H]2CCCN2C(=O)O)cc1. The molecule has 0 spiro atoms. The maximum atomic E-state index is 13.8. The van der Waals surface area contributed by atoms with Crippen LogP contribution in [0.1, 0.15) is 28.8 Å². The highest BCUT2D eigenvalue weighted by atomic mass is 127. The van der Waals surface area contributed by atoms with Crippen LogP contribution in [0.5, 0.6) is 5.75 Å². The normalized spacial score (nSPS) is 15.8. The first kappa shape index (κ1) is 24.6. The molecule has 0 unspecified atom stereocenters. The standard InChI is InChI=1S/C21H19F3IN3O5/c1-33-13-6-4-12(5-7-13)26-18(29)14-9-11(25)10-15(21(22,23)24)17(14)27-19(30)16-3-2-8-28(16)20(31)32/h4-7,9-10,16H,2-3,8H2,1H3,(H,26,29)(H,27,30)(H,31,32)/t16-/m1/s1. The fourth-order valence-corrected chi connectivity index (χ4v) is 4.11. The molecule has 1 aliphatic rings. The predicted octanol–water partition coefficient (Wildman–Crippen LogP) is 4.65. The highest BCUT2D eigenvalue weighted by Gasteiger charge is 2.39. The van der Waals surface area contributed by atoms with Crippen molar-refractivity contribution < 1.29 is 37.4 Å². The molecule has 3 amide bonds. The molecule has 3 rings (SSSR count). The second kappa shape index (κ2) is 9.85. The van der Waals surface area contributed by atoms with Gasteiger partial charge in [-0.05, 0) is 71.8 Å². The van der Waals surface area contributed by atoms with Crippen molar-refractivity contribution in [1.82, 2.24) is 4.90 Å². The fourth-order valence-electron chi connectivity index (χ4n) is 3.49. The lowest BCUT2D eigenvalue weighted by Crippen LogP contribution is -2.43. The molecule has 3 N–H and O–H groups in total. The quantitative estimate of drug-likeness (QED) is 0.449. The van der Waals surface area contributed by atoms with Gasteiger partial charge < -0.3 is 20.5 Å². The molecule has 1 fully saturated rings. The van der Waals surface area contributed by atoms with E-state index in [1.807, 2.05) is 0 Å². The van der Waals surface area contributed by atoms with Gasteiger partial charge in [-0.2, -0.15) is 13.2 Å². The smallest absolute Gasteiger partial charge is 0.418 e. The third-order valence-electron chi connectivity index (χ3n) is 5.05. The number of carbonyl (C=O) groups is 3. The highest BCUT2D eigenvalue weighted by molar-refractivity contribution is 14.1. The summed E-state index contributed by atoms with van der Waals surface area (Å²) in [6.07, 6.45) is -5.66. The third-order valence-corrected chi connectivity index (χ3v) is 5.67. The molecule has 0 radical (unpaired) electrons. The molecule has 33 heavy (non-hydrogen) atoms. The van der Waals surface area contributed by atoms with E-state index in [0.29, 0.717) is 17.9 Å². The number of nitrogens with zero attached hydrogens (tertiary/aromatic N) is 1. The van der Waals surface area contributed by atoms with Gasteiger partial charge in [-0.15, -0.1) is 0 Å². The molecule has 176 valence electrons. The average Bonchev–Trinajstić information content (AvgIpc) is 3.25. The molecule has 0 bridgehead atoms. The Hall–Kier alpha value is -3.03. The summed E-state index contributed by atoms with van der Waals surface area (Å²) in [5.41, 5.74) is -2.03. The lowest BCUT2D eigenvalue weighted by molar-refractivity contribution is -0.137. The second-order valence-corrected chi connectivity index (χ2v) is 8.43. The molecule has 1 atom stereocenters. The van der Waals surface area contributed by atoms with Crippen molar-refractivity contribution in [3.63, 3.8) is 0 Å². The molecule has 0 aliphatic carbocycles. The van der Waals surface area contributed by atoms with Crippen molar-refractivity contribution in [3.05, 3.63) is 51.1 Å². The number of halogens is 4. The lowest BCUT2D eigenvalue weighted by Gasteiger charge is -2.23. The zero-order valence-corrected chi connectivity index (χ0v) is 19.4. The summed E-state index contributed by atoms with van der Waals surface area (Å²) in [6, 6.07) is 7.02. The number of ether oxygens (including phenoxy) is 1. The van der Waals surface area contributed by atoms with Crippen LogP contribution in [0.2, 0.25) is 0 Å². The average molecular weight is 577 g/mol. The number of methoxy groups -OCH3 is 1. The molecule has 1 heterocycles. The molecule has 12 heteroatoms. The van der Waals surface area contributed by atoms with Gasteiger partial charge in [-0.25, -0.2) is 4.79 Å². The van der Waals surface area contributed by atoms with E-state index < -0.39 is 46.9 Å². The van der Waals surface area contributed by atoms with Gasteiger partial charge in [0.2, 0.25) is 5.91 Å². The van der Waals surface area contributed by atoms with Crippen molar-refractivity contribution >= 4 is 51.9 Å². The van der Waals surface area contributed by atoms with Crippen molar-refractivity contribution in [3.8, 4) is 5.75 Å². The van der Waals surface area contributed by atoms with Crippen molar-refractivity contribution in [2.24, 2.45) is 0 Å². The number of carbonyl (C=O) groups excluding carboxylic acids is 2. The molecule has 0 saturated carbocycles. The molecule has 0 aromatic heterocycles. The predicted molar refractivity (Wildman–Crippen MR) is 121 cm³/mol. The first-order valence-corrected chi connectivity index (χ1v) is 10.8. The summed E-state index contributed by atoms with van der Waals surface area (Å²) in [7, 11) is 1.46. The molecule has 2 aromatic carbocycles. The zero-order chi connectivity index (χ0) is 24.3. The van der Waals surface area contributed by atoms with E-state index >= 15 is 0 Å². The Morgan fingerprint density at radius 2 is 1.82 bits per heavy atom. The molecule has 8 nitrogen and oxygen atoms in total. The fraction of sp³-hybridized carbons (Fsp3) is 0.286.